The Balaban J connectivity index is 0.00000208. The number of guanidine groups is 1. The predicted molar refractivity (Wildman–Crippen MR) is 107 cm³/mol. The van der Waals surface area contributed by atoms with Crippen molar-refractivity contribution in [3.8, 4) is 5.75 Å². The van der Waals surface area contributed by atoms with E-state index in [1.807, 2.05) is 24.3 Å². The average Bonchev–Trinajstić information content (AvgIpc) is 3.33. The molecule has 2 aromatic rings. The van der Waals surface area contributed by atoms with Gasteiger partial charge in [-0.05, 0) is 30.2 Å². The number of benzene rings is 2. The number of methoxy groups -OCH3 is 1. The number of hydrogen-bond acceptors (Lipinski definition) is 2. The molecule has 3 N–H and O–H groups in total. The summed E-state index contributed by atoms with van der Waals surface area (Å²) in [6.07, 6.45) is 1.09. The smallest absolute Gasteiger partial charge is 0.189 e. The van der Waals surface area contributed by atoms with Gasteiger partial charge in [0.05, 0.1) is 13.7 Å². The van der Waals surface area contributed by atoms with Gasteiger partial charge in [-0.2, -0.15) is 0 Å². The van der Waals surface area contributed by atoms with Gasteiger partial charge < -0.3 is 15.8 Å². The monoisotopic (exact) mass is 453 g/mol. The molecule has 0 radical (unpaired) electrons. The largest absolute Gasteiger partial charge is 0.496 e. The second-order valence-electron chi connectivity index (χ2n) is 5.66. The number of rotatable bonds is 5. The molecule has 4 nitrogen and oxygen atoms in total. The molecular formula is C18H21Br2N3O. The van der Waals surface area contributed by atoms with E-state index in [0.717, 1.165) is 22.2 Å². The van der Waals surface area contributed by atoms with Crippen molar-refractivity contribution in [2.75, 3.05) is 7.11 Å². The fourth-order valence-corrected chi connectivity index (χ4v) is 2.94. The fraction of sp³-hybridized carbons (Fsp3) is 0.278. The number of hydrogen-bond donors (Lipinski definition) is 2. The van der Waals surface area contributed by atoms with Crippen LogP contribution in [0.2, 0.25) is 0 Å². The Hall–Kier alpha value is -1.53. The second-order valence-corrected chi connectivity index (χ2v) is 6.57. The van der Waals surface area contributed by atoms with Gasteiger partial charge in [0.25, 0.3) is 0 Å². The van der Waals surface area contributed by atoms with Crippen LogP contribution in [-0.2, 0) is 6.54 Å². The number of nitrogens with one attached hydrogen (secondary N) is 1. The van der Waals surface area contributed by atoms with Crippen LogP contribution < -0.4 is 15.8 Å². The molecule has 2 atom stereocenters. The van der Waals surface area contributed by atoms with E-state index in [1.165, 1.54) is 5.56 Å². The van der Waals surface area contributed by atoms with Crippen molar-refractivity contribution in [1.29, 1.82) is 0 Å². The lowest BCUT2D eigenvalue weighted by Gasteiger charge is -2.08. The molecule has 0 bridgehead atoms. The highest BCUT2D eigenvalue weighted by Gasteiger charge is 2.38. The molecule has 0 unspecified atom stereocenters. The third-order valence-corrected chi connectivity index (χ3v) is 4.56. The summed E-state index contributed by atoms with van der Waals surface area (Å²) in [5.41, 5.74) is 8.37. The third kappa shape index (κ3) is 4.74. The Bertz CT molecular complexity index is 704. The maximum Gasteiger partial charge on any atom is 0.189 e. The Morgan fingerprint density at radius 1 is 1.25 bits per heavy atom. The lowest BCUT2D eigenvalue weighted by atomic mass is 10.1. The van der Waals surface area contributed by atoms with E-state index in [9.17, 15) is 0 Å². The molecule has 0 saturated heterocycles. The molecule has 2 aromatic carbocycles. The van der Waals surface area contributed by atoms with Gasteiger partial charge in [-0.1, -0.05) is 46.3 Å². The van der Waals surface area contributed by atoms with Crippen molar-refractivity contribution in [2.45, 2.75) is 24.9 Å². The van der Waals surface area contributed by atoms with E-state index in [2.05, 4.69) is 50.5 Å². The van der Waals surface area contributed by atoms with Crippen LogP contribution in [0.1, 0.15) is 23.5 Å². The number of nitrogens with two attached hydrogens (primary N) is 1. The molecule has 24 heavy (non-hydrogen) atoms. The highest BCUT2D eigenvalue weighted by molar-refractivity contribution is 9.10. The highest BCUT2D eigenvalue weighted by Crippen LogP contribution is 2.40. The molecular weight excluding hydrogens is 434 g/mol. The van der Waals surface area contributed by atoms with Crippen LogP contribution in [0.15, 0.2) is 58.0 Å². The zero-order valence-electron chi connectivity index (χ0n) is 13.4. The van der Waals surface area contributed by atoms with Gasteiger partial charge in [-0.25, -0.2) is 4.99 Å². The van der Waals surface area contributed by atoms with Gasteiger partial charge in [0.15, 0.2) is 5.96 Å². The lowest BCUT2D eigenvalue weighted by molar-refractivity contribution is 0.410. The summed E-state index contributed by atoms with van der Waals surface area (Å²) in [7, 11) is 1.66. The molecule has 1 aliphatic carbocycles. The Morgan fingerprint density at radius 3 is 2.67 bits per heavy atom. The van der Waals surface area contributed by atoms with Gasteiger partial charge in [0.2, 0.25) is 0 Å². The van der Waals surface area contributed by atoms with Crippen LogP contribution in [0.5, 0.6) is 5.75 Å². The summed E-state index contributed by atoms with van der Waals surface area (Å²) in [5, 5.41) is 3.30. The lowest BCUT2D eigenvalue weighted by Crippen LogP contribution is -2.34. The van der Waals surface area contributed by atoms with E-state index in [0.29, 0.717) is 24.5 Å². The first-order valence-electron chi connectivity index (χ1n) is 7.61. The van der Waals surface area contributed by atoms with E-state index in [-0.39, 0.29) is 17.0 Å². The first-order valence-corrected chi connectivity index (χ1v) is 8.40. The van der Waals surface area contributed by atoms with Crippen LogP contribution in [0.4, 0.5) is 0 Å². The Kier molecular flexibility index (Phi) is 6.69. The van der Waals surface area contributed by atoms with Crippen LogP contribution in [0.3, 0.4) is 0 Å². The van der Waals surface area contributed by atoms with Crippen LogP contribution in [0.25, 0.3) is 0 Å². The number of halogens is 2. The van der Waals surface area contributed by atoms with Gasteiger partial charge in [-0.15, -0.1) is 17.0 Å². The maximum absolute atomic E-state index is 6.01. The van der Waals surface area contributed by atoms with Crippen LogP contribution in [0, 0.1) is 0 Å². The van der Waals surface area contributed by atoms with Gasteiger partial charge >= 0.3 is 0 Å². The SMILES string of the molecule is Br.COc1ccccc1CN=C(N)N[C@@H]1C[C@H]1c1ccc(Br)cc1. The normalized spacial score (nSPS) is 19.3. The molecule has 0 aromatic heterocycles. The summed E-state index contributed by atoms with van der Waals surface area (Å²) in [5.74, 6) is 1.84. The zero-order chi connectivity index (χ0) is 16.2. The Morgan fingerprint density at radius 2 is 1.96 bits per heavy atom. The van der Waals surface area contributed by atoms with Gasteiger partial charge in [-0.3, -0.25) is 0 Å². The Labute approximate surface area is 161 Å². The van der Waals surface area contributed by atoms with Gasteiger partial charge in [0, 0.05) is 22.0 Å². The molecule has 0 spiro atoms. The third-order valence-electron chi connectivity index (χ3n) is 4.03. The van der Waals surface area contributed by atoms with Crippen molar-refractivity contribution in [3.05, 3.63) is 64.1 Å². The van der Waals surface area contributed by atoms with Crippen molar-refractivity contribution in [2.24, 2.45) is 10.7 Å². The molecule has 1 fully saturated rings. The number of nitrogens with zero attached hydrogens (tertiary/aromatic N) is 1. The zero-order valence-corrected chi connectivity index (χ0v) is 16.7. The fourth-order valence-electron chi connectivity index (χ4n) is 2.67. The molecule has 1 aliphatic rings. The number of para-hydroxylation sites is 1. The molecule has 6 heteroatoms. The first kappa shape index (κ1) is 18.8. The van der Waals surface area contributed by atoms with E-state index >= 15 is 0 Å². The van der Waals surface area contributed by atoms with E-state index < -0.39 is 0 Å². The van der Waals surface area contributed by atoms with Gasteiger partial charge in [0.1, 0.15) is 5.75 Å². The molecule has 3 rings (SSSR count). The van der Waals surface area contributed by atoms with Crippen LogP contribution >= 0.6 is 32.9 Å². The standard InChI is InChI=1S/C18H20BrN3O.BrH/c1-23-17-5-3-2-4-13(17)11-21-18(20)22-16-10-15(16)12-6-8-14(19)9-7-12;/h2-9,15-16H,10-11H2,1H3,(H3,20,21,22);1H/t15-,16+;/m0./s1. The van der Waals surface area contributed by atoms with Crippen molar-refractivity contribution >= 4 is 38.9 Å². The number of ether oxygens (including phenoxy) is 1. The maximum atomic E-state index is 6.01. The number of aliphatic imine (C=N–C) groups is 1. The molecule has 128 valence electrons. The average molecular weight is 455 g/mol. The highest BCUT2D eigenvalue weighted by atomic mass is 79.9. The van der Waals surface area contributed by atoms with E-state index in [1.54, 1.807) is 7.11 Å². The van der Waals surface area contributed by atoms with Crippen LogP contribution in [-0.4, -0.2) is 19.1 Å². The van der Waals surface area contributed by atoms with Crippen molar-refractivity contribution in [1.82, 2.24) is 5.32 Å². The minimum Gasteiger partial charge on any atom is -0.496 e. The molecule has 1 saturated carbocycles. The summed E-state index contributed by atoms with van der Waals surface area (Å²) >= 11 is 3.46. The summed E-state index contributed by atoms with van der Waals surface area (Å²) in [6.45, 7) is 0.512. The minimum atomic E-state index is 0. The quantitative estimate of drug-likeness (QED) is 0.530. The predicted octanol–water partition coefficient (Wildman–Crippen LogP) is 4.00. The summed E-state index contributed by atoms with van der Waals surface area (Å²) < 4.78 is 6.42. The summed E-state index contributed by atoms with van der Waals surface area (Å²) in [4.78, 5) is 4.42. The summed E-state index contributed by atoms with van der Waals surface area (Å²) in [6, 6.07) is 16.7. The second kappa shape index (κ2) is 8.53. The van der Waals surface area contributed by atoms with Crippen molar-refractivity contribution in [3.63, 3.8) is 0 Å². The van der Waals surface area contributed by atoms with E-state index in [4.69, 9.17) is 10.5 Å². The van der Waals surface area contributed by atoms with Crippen molar-refractivity contribution < 1.29 is 4.74 Å². The first-order chi connectivity index (χ1) is 11.2. The molecule has 0 heterocycles. The molecule has 0 aliphatic heterocycles. The molecule has 0 amide bonds. The topological polar surface area (TPSA) is 59.6 Å². The minimum absolute atomic E-state index is 0.